The number of nitrogens with zero attached hydrogens (tertiary/aromatic N) is 3. The average molecular weight is 252 g/mol. The second kappa shape index (κ2) is 5.94. The highest BCUT2D eigenvalue weighted by molar-refractivity contribution is 5.47. The van der Waals surface area contributed by atoms with Gasteiger partial charge < -0.3 is 20.4 Å². The Morgan fingerprint density at radius 1 is 1.50 bits per heavy atom. The first-order valence-electron chi connectivity index (χ1n) is 6.00. The molecular weight excluding hydrogens is 232 g/mol. The molecule has 7 nitrogen and oxygen atoms in total. The summed E-state index contributed by atoms with van der Waals surface area (Å²) < 4.78 is 5.04. The zero-order valence-electron chi connectivity index (χ0n) is 10.8. The lowest BCUT2D eigenvalue weighted by molar-refractivity contribution is 0.178. The van der Waals surface area contributed by atoms with Crippen LogP contribution in [0.25, 0.3) is 0 Å². The van der Waals surface area contributed by atoms with Crippen LogP contribution in [-0.2, 0) is 11.3 Å². The summed E-state index contributed by atoms with van der Waals surface area (Å²) in [6.07, 6.45) is 1.12. The fraction of sp³-hybridized carbons (Fsp3) is 0.636. The Hall–Kier alpha value is -1.44. The maximum Gasteiger partial charge on any atom is 0.158 e. The highest BCUT2D eigenvalue weighted by atomic mass is 16.5. The summed E-state index contributed by atoms with van der Waals surface area (Å²) in [4.78, 5) is 10.9. The minimum atomic E-state index is 0.370. The van der Waals surface area contributed by atoms with Gasteiger partial charge in [0.1, 0.15) is 18.2 Å². The Morgan fingerprint density at radius 2 is 2.28 bits per heavy atom. The number of ether oxygens (including phenoxy) is 1. The molecule has 1 aliphatic rings. The van der Waals surface area contributed by atoms with Crippen molar-refractivity contribution in [2.75, 3.05) is 38.0 Å². The number of rotatable bonds is 5. The van der Waals surface area contributed by atoms with E-state index in [9.17, 15) is 0 Å². The first-order valence-corrected chi connectivity index (χ1v) is 6.00. The van der Waals surface area contributed by atoms with Gasteiger partial charge in [-0.05, 0) is 20.0 Å². The number of methoxy groups -OCH3 is 1. The second-order valence-corrected chi connectivity index (χ2v) is 4.52. The molecule has 0 amide bonds. The van der Waals surface area contributed by atoms with Gasteiger partial charge in [0.15, 0.2) is 5.82 Å². The Bertz CT molecular complexity index is 399. The number of hydrogen-bond acceptors (Lipinski definition) is 7. The summed E-state index contributed by atoms with van der Waals surface area (Å²) in [6.45, 7) is 2.50. The predicted molar refractivity (Wildman–Crippen MR) is 70.1 cm³/mol. The number of anilines is 2. The van der Waals surface area contributed by atoms with Gasteiger partial charge in [0.2, 0.25) is 0 Å². The summed E-state index contributed by atoms with van der Waals surface area (Å²) in [5.41, 5.74) is 2.54. The van der Waals surface area contributed by atoms with Gasteiger partial charge in [-0.2, -0.15) is 0 Å². The van der Waals surface area contributed by atoms with E-state index >= 15 is 0 Å². The summed E-state index contributed by atoms with van der Waals surface area (Å²) in [5, 5.41) is 3.40. The predicted octanol–water partition coefficient (Wildman–Crippen LogP) is 0.0246. The van der Waals surface area contributed by atoms with Crippen LogP contribution >= 0.6 is 0 Å². The molecule has 7 heteroatoms. The smallest absolute Gasteiger partial charge is 0.158 e. The van der Waals surface area contributed by atoms with Crippen molar-refractivity contribution in [3.05, 3.63) is 11.9 Å². The highest BCUT2D eigenvalue weighted by Crippen LogP contribution is 2.16. The van der Waals surface area contributed by atoms with Crippen molar-refractivity contribution >= 4 is 11.6 Å². The number of hydrazine groups is 1. The van der Waals surface area contributed by atoms with Crippen LogP contribution in [0.4, 0.5) is 11.6 Å². The van der Waals surface area contributed by atoms with E-state index < -0.39 is 0 Å². The number of nitrogens with one attached hydrogen (secondary N) is 2. The van der Waals surface area contributed by atoms with Gasteiger partial charge in [0.05, 0.1) is 0 Å². The molecule has 1 saturated heterocycles. The van der Waals surface area contributed by atoms with Gasteiger partial charge in [-0.3, -0.25) is 0 Å². The van der Waals surface area contributed by atoms with Crippen molar-refractivity contribution in [3.8, 4) is 0 Å². The summed E-state index contributed by atoms with van der Waals surface area (Å²) in [6, 6.07) is 2.23. The van der Waals surface area contributed by atoms with Crippen molar-refractivity contribution in [1.29, 1.82) is 0 Å². The normalized spacial score (nSPS) is 20.1. The largest absolute Gasteiger partial charge is 0.377 e. The third-order valence-corrected chi connectivity index (χ3v) is 2.94. The molecule has 1 atom stereocenters. The van der Waals surface area contributed by atoms with Crippen LogP contribution in [-0.4, -0.2) is 48.2 Å². The second-order valence-electron chi connectivity index (χ2n) is 4.52. The molecule has 2 heterocycles. The van der Waals surface area contributed by atoms with E-state index in [0.29, 0.717) is 24.3 Å². The van der Waals surface area contributed by atoms with Crippen molar-refractivity contribution in [1.82, 2.24) is 14.9 Å². The Labute approximate surface area is 107 Å². The molecule has 0 bridgehead atoms. The molecule has 18 heavy (non-hydrogen) atoms. The van der Waals surface area contributed by atoms with Gasteiger partial charge in [-0.25, -0.2) is 15.8 Å². The minimum Gasteiger partial charge on any atom is -0.377 e. The first-order chi connectivity index (χ1) is 8.71. The molecule has 1 aromatic rings. The van der Waals surface area contributed by atoms with E-state index in [0.717, 1.165) is 25.3 Å². The van der Waals surface area contributed by atoms with Gasteiger partial charge in [0, 0.05) is 25.8 Å². The topological polar surface area (TPSA) is 88.3 Å². The van der Waals surface area contributed by atoms with E-state index in [-0.39, 0.29) is 0 Å². The number of nitrogen functional groups attached to an aromatic ring is 1. The molecule has 100 valence electrons. The molecular formula is C11H20N6O. The lowest BCUT2D eigenvalue weighted by Crippen LogP contribution is -2.24. The minimum absolute atomic E-state index is 0.370. The molecule has 1 fully saturated rings. The van der Waals surface area contributed by atoms with Crippen LogP contribution in [0, 0.1) is 0 Å². The summed E-state index contributed by atoms with van der Waals surface area (Å²) in [7, 11) is 3.73. The van der Waals surface area contributed by atoms with Crippen LogP contribution in [0.2, 0.25) is 0 Å². The van der Waals surface area contributed by atoms with Crippen LogP contribution < -0.4 is 16.6 Å². The van der Waals surface area contributed by atoms with E-state index in [1.54, 1.807) is 13.2 Å². The van der Waals surface area contributed by atoms with E-state index in [1.807, 2.05) is 0 Å². The fourth-order valence-electron chi connectivity index (χ4n) is 2.10. The number of likely N-dealkylation sites (tertiary alicyclic amines) is 1. The van der Waals surface area contributed by atoms with Crippen LogP contribution in [0.5, 0.6) is 0 Å². The Balaban J connectivity index is 2.08. The van der Waals surface area contributed by atoms with E-state index in [4.69, 9.17) is 10.6 Å². The third-order valence-electron chi connectivity index (χ3n) is 2.94. The highest BCUT2D eigenvalue weighted by Gasteiger charge is 2.19. The molecule has 1 unspecified atom stereocenters. The molecule has 0 saturated carbocycles. The standard InChI is InChI=1S/C11H20N6O/c1-17-4-3-8(6-17)13-9-5-10(16-12)15-11(14-9)7-18-2/h5,8H,3-4,6-7,12H2,1-2H3,(H2,13,14,15,16). The molecule has 0 aromatic carbocycles. The molecule has 1 aliphatic heterocycles. The monoisotopic (exact) mass is 252 g/mol. The van der Waals surface area contributed by atoms with Crippen molar-refractivity contribution in [2.24, 2.45) is 5.84 Å². The zero-order valence-corrected chi connectivity index (χ0v) is 10.8. The van der Waals surface area contributed by atoms with Gasteiger partial charge in [-0.1, -0.05) is 0 Å². The van der Waals surface area contributed by atoms with Crippen LogP contribution in [0.3, 0.4) is 0 Å². The molecule has 0 spiro atoms. The maximum absolute atomic E-state index is 5.40. The number of nitrogens with two attached hydrogens (primary N) is 1. The van der Waals surface area contributed by atoms with Gasteiger partial charge >= 0.3 is 0 Å². The molecule has 0 aliphatic carbocycles. The van der Waals surface area contributed by atoms with Crippen LogP contribution in [0.15, 0.2) is 6.07 Å². The average Bonchev–Trinajstić information content (AvgIpc) is 2.75. The van der Waals surface area contributed by atoms with E-state index in [1.165, 1.54) is 0 Å². The molecule has 2 rings (SSSR count). The number of likely N-dealkylation sites (N-methyl/N-ethyl adjacent to an activating group) is 1. The fourth-order valence-corrected chi connectivity index (χ4v) is 2.10. The molecule has 4 N–H and O–H groups in total. The maximum atomic E-state index is 5.40. The van der Waals surface area contributed by atoms with Crippen LogP contribution in [0.1, 0.15) is 12.2 Å². The zero-order chi connectivity index (χ0) is 13.0. The SMILES string of the molecule is COCc1nc(NN)cc(NC2CCN(C)C2)n1. The lowest BCUT2D eigenvalue weighted by atomic mass is 10.2. The number of aromatic nitrogens is 2. The van der Waals surface area contributed by atoms with Gasteiger partial charge in [0.25, 0.3) is 0 Å². The van der Waals surface area contributed by atoms with Crippen molar-refractivity contribution in [3.63, 3.8) is 0 Å². The number of hydrogen-bond donors (Lipinski definition) is 3. The van der Waals surface area contributed by atoms with Crippen molar-refractivity contribution < 1.29 is 4.74 Å². The Kier molecular flexibility index (Phi) is 4.29. The summed E-state index contributed by atoms with van der Waals surface area (Å²) >= 11 is 0. The third kappa shape index (κ3) is 3.28. The Morgan fingerprint density at radius 3 is 2.89 bits per heavy atom. The molecule has 0 radical (unpaired) electrons. The van der Waals surface area contributed by atoms with E-state index in [2.05, 4.69) is 32.7 Å². The van der Waals surface area contributed by atoms with Gasteiger partial charge in [-0.15, -0.1) is 0 Å². The van der Waals surface area contributed by atoms with Crippen molar-refractivity contribution in [2.45, 2.75) is 19.1 Å². The first kappa shape index (κ1) is 13.0. The quantitative estimate of drug-likeness (QED) is 0.503. The lowest BCUT2D eigenvalue weighted by Gasteiger charge is -2.15. The summed E-state index contributed by atoms with van der Waals surface area (Å²) in [5.74, 6) is 7.38. The molecule has 1 aromatic heterocycles.